The van der Waals surface area contributed by atoms with Crippen LogP contribution < -0.4 is 0 Å². The van der Waals surface area contributed by atoms with Gasteiger partial charge in [-0.3, -0.25) is 0 Å². The maximum absolute atomic E-state index is 11.4. The monoisotopic (exact) mass is 234 g/mol. The van der Waals surface area contributed by atoms with Crippen molar-refractivity contribution in [3.63, 3.8) is 0 Å². The molecule has 17 heavy (non-hydrogen) atoms. The minimum Gasteiger partial charge on any atom is -0.478 e. The first kappa shape index (κ1) is 11.3. The SMILES string of the molecule is CC1=C(C(=O)O)C[C@]2(C)CC[C@H]3[C@H](C)CC[C@]132. The number of carboxylic acids is 1. The lowest BCUT2D eigenvalue weighted by atomic mass is 9.63. The van der Waals surface area contributed by atoms with Crippen molar-refractivity contribution < 1.29 is 9.90 Å². The zero-order chi connectivity index (χ0) is 12.4. The molecule has 0 aromatic rings. The van der Waals surface area contributed by atoms with E-state index in [1.54, 1.807) is 0 Å². The molecule has 0 aromatic heterocycles. The molecule has 4 atom stereocenters. The molecular formula is C15H22O2. The molecule has 0 saturated heterocycles. The lowest BCUT2D eigenvalue weighted by Crippen LogP contribution is -2.34. The van der Waals surface area contributed by atoms with Crippen molar-refractivity contribution in [1.29, 1.82) is 0 Å². The fourth-order valence-electron chi connectivity index (χ4n) is 5.50. The highest BCUT2D eigenvalue weighted by Crippen LogP contribution is 2.73. The van der Waals surface area contributed by atoms with Gasteiger partial charge in [0.2, 0.25) is 0 Å². The smallest absolute Gasteiger partial charge is 0.331 e. The van der Waals surface area contributed by atoms with Crippen LogP contribution in [0.1, 0.15) is 52.9 Å². The zero-order valence-corrected chi connectivity index (χ0v) is 11.0. The van der Waals surface area contributed by atoms with E-state index in [2.05, 4.69) is 20.8 Å². The highest BCUT2D eigenvalue weighted by atomic mass is 16.4. The largest absolute Gasteiger partial charge is 0.478 e. The summed E-state index contributed by atoms with van der Waals surface area (Å²) in [5.41, 5.74) is 2.42. The maximum atomic E-state index is 11.4. The van der Waals surface area contributed by atoms with E-state index in [1.807, 2.05) is 0 Å². The second-order valence-electron chi connectivity index (χ2n) is 6.78. The molecule has 2 nitrogen and oxygen atoms in total. The Kier molecular flexibility index (Phi) is 2.10. The van der Waals surface area contributed by atoms with E-state index < -0.39 is 5.97 Å². The van der Waals surface area contributed by atoms with Crippen molar-refractivity contribution >= 4 is 5.97 Å². The number of carbonyl (C=O) groups is 1. The van der Waals surface area contributed by atoms with Crippen LogP contribution in [0.3, 0.4) is 0 Å². The van der Waals surface area contributed by atoms with Crippen molar-refractivity contribution in [3.8, 4) is 0 Å². The molecule has 0 aliphatic heterocycles. The summed E-state index contributed by atoms with van der Waals surface area (Å²) >= 11 is 0. The third kappa shape index (κ3) is 1.10. The fraction of sp³-hybridized carbons (Fsp3) is 0.800. The van der Waals surface area contributed by atoms with Crippen LogP contribution >= 0.6 is 0 Å². The van der Waals surface area contributed by atoms with Gasteiger partial charge >= 0.3 is 5.97 Å². The minimum absolute atomic E-state index is 0.236. The van der Waals surface area contributed by atoms with E-state index in [9.17, 15) is 9.90 Å². The first-order valence-electron chi connectivity index (χ1n) is 6.86. The average molecular weight is 234 g/mol. The molecule has 3 aliphatic carbocycles. The predicted molar refractivity (Wildman–Crippen MR) is 66.6 cm³/mol. The van der Waals surface area contributed by atoms with E-state index in [4.69, 9.17) is 0 Å². The van der Waals surface area contributed by atoms with E-state index in [-0.39, 0.29) is 10.8 Å². The highest BCUT2D eigenvalue weighted by Gasteiger charge is 2.65. The van der Waals surface area contributed by atoms with Gasteiger partial charge in [0.1, 0.15) is 0 Å². The van der Waals surface area contributed by atoms with Gasteiger partial charge in [-0.25, -0.2) is 4.79 Å². The molecule has 0 aromatic carbocycles. The zero-order valence-electron chi connectivity index (χ0n) is 11.0. The van der Waals surface area contributed by atoms with Crippen molar-refractivity contribution in [2.45, 2.75) is 52.9 Å². The molecule has 2 saturated carbocycles. The second kappa shape index (κ2) is 3.15. The molecule has 2 heteroatoms. The van der Waals surface area contributed by atoms with Gasteiger partial charge in [-0.05, 0) is 56.3 Å². The third-order valence-corrected chi connectivity index (χ3v) is 6.34. The molecule has 0 bridgehead atoms. The Labute approximate surface area is 103 Å². The fourth-order valence-corrected chi connectivity index (χ4v) is 5.50. The molecule has 1 N–H and O–H groups in total. The van der Waals surface area contributed by atoms with Crippen molar-refractivity contribution in [2.75, 3.05) is 0 Å². The molecule has 0 radical (unpaired) electrons. The van der Waals surface area contributed by atoms with Crippen LogP contribution in [-0.4, -0.2) is 11.1 Å². The quantitative estimate of drug-likeness (QED) is 0.752. The molecule has 0 unspecified atom stereocenters. The van der Waals surface area contributed by atoms with Gasteiger partial charge in [0.25, 0.3) is 0 Å². The van der Waals surface area contributed by atoms with Gasteiger partial charge in [0.05, 0.1) is 0 Å². The van der Waals surface area contributed by atoms with E-state index in [0.717, 1.165) is 23.8 Å². The Morgan fingerprint density at radius 3 is 2.71 bits per heavy atom. The Hall–Kier alpha value is -0.790. The van der Waals surface area contributed by atoms with Crippen LogP contribution in [0, 0.1) is 22.7 Å². The maximum Gasteiger partial charge on any atom is 0.331 e. The highest BCUT2D eigenvalue weighted by molar-refractivity contribution is 5.89. The Morgan fingerprint density at radius 1 is 1.35 bits per heavy atom. The van der Waals surface area contributed by atoms with Crippen LogP contribution in [0.2, 0.25) is 0 Å². The van der Waals surface area contributed by atoms with Crippen LogP contribution in [0.15, 0.2) is 11.1 Å². The van der Waals surface area contributed by atoms with Crippen LogP contribution in [0.25, 0.3) is 0 Å². The lowest BCUT2D eigenvalue weighted by Gasteiger charge is -2.40. The Morgan fingerprint density at radius 2 is 2.06 bits per heavy atom. The van der Waals surface area contributed by atoms with Gasteiger partial charge in [-0.1, -0.05) is 19.4 Å². The normalized spacial score (nSPS) is 48.4. The lowest BCUT2D eigenvalue weighted by molar-refractivity contribution is -0.132. The summed E-state index contributed by atoms with van der Waals surface area (Å²) in [6.07, 6.45) is 5.83. The Bertz CT molecular complexity index is 423. The summed E-state index contributed by atoms with van der Waals surface area (Å²) in [7, 11) is 0. The number of aliphatic carboxylic acids is 1. The molecular weight excluding hydrogens is 212 g/mol. The van der Waals surface area contributed by atoms with E-state index in [0.29, 0.717) is 0 Å². The van der Waals surface area contributed by atoms with Gasteiger partial charge in [-0.15, -0.1) is 0 Å². The van der Waals surface area contributed by atoms with Crippen molar-refractivity contribution in [2.24, 2.45) is 22.7 Å². The molecule has 1 spiro atoms. The van der Waals surface area contributed by atoms with Gasteiger partial charge < -0.3 is 5.11 Å². The number of carboxylic acid groups (broad SMARTS) is 1. The van der Waals surface area contributed by atoms with Gasteiger partial charge in [0.15, 0.2) is 0 Å². The van der Waals surface area contributed by atoms with E-state index in [1.165, 1.54) is 31.3 Å². The van der Waals surface area contributed by atoms with E-state index >= 15 is 0 Å². The first-order chi connectivity index (χ1) is 7.92. The van der Waals surface area contributed by atoms with Crippen LogP contribution in [-0.2, 0) is 4.79 Å². The standard InChI is InChI=1S/C15H22O2/c1-9-4-7-15-10(2)11(13(16)17)8-14(15,3)6-5-12(9)15/h9,12H,4-8H2,1-3H3,(H,16,17)/t9-,12+,14+,15+/m1/s1. The predicted octanol–water partition coefficient (Wildman–Crippen LogP) is 3.62. The number of hydrogen-bond donors (Lipinski definition) is 1. The topological polar surface area (TPSA) is 37.3 Å². The molecule has 3 rings (SSSR count). The summed E-state index contributed by atoms with van der Waals surface area (Å²) in [5, 5.41) is 9.38. The number of rotatable bonds is 1. The summed E-state index contributed by atoms with van der Waals surface area (Å²) in [6, 6.07) is 0. The average Bonchev–Trinajstić information content (AvgIpc) is 2.80. The summed E-state index contributed by atoms with van der Waals surface area (Å²) in [5.74, 6) is 0.843. The van der Waals surface area contributed by atoms with Gasteiger partial charge in [-0.2, -0.15) is 0 Å². The molecule has 3 aliphatic rings. The van der Waals surface area contributed by atoms with Crippen LogP contribution in [0.5, 0.6) is 0 Å². The first-order valence-corrected chi connectivity index (χ1v) is 6.86. The Balaban J connectivity index is 2.15. The molecule has 94 valence electrons. The van der Waals surface area contributed by atoms with Gasteiger partial charge in [0, 0.05) is 11.0 Å². The molecule has 2 fully saturated rings. The van der Waals surface area contributed by atoms with Crippen molar-refractivity contribution in [1.82, 2.24) is 0 Å². The minimum atomic E-state index is -0.675. The number of hydrogen-bond acceptors (Lipinski definition) is 1. The van der Waals surface area contributed by atoms with Crippen molar-refractivity contribution in [3.05, 3.63) is 11.1 Å². The summed E-state index contributed by atoms with van der Waals surface area (Å²) in [4.78, 5) is 11.4. The van der Waals surface area contributed by atoms with Crippen LogP contribution in [0.4, 0.5) is 0 Å². The molecule has 0 amide bonds. The summed E-state index contributed by atoms with van der Waals surface area (Å²) < 4.78 is 0. The third-order valence-electron chi connectivity index (χ3n) is 6.34. The second-order valence-corrected chi connectivity index (χ2v) is 6.78. The summed E-state index contributed by atoms with van der Waals surface area (Å²) in [6.45, 7) is 6.80. The molecule has 0 heterocycles. The number of allylic oxidation sites excluding steroid dienone is 1.